The van der Waals surface area contributed by atoms with Crippen LogP contribution in [0.3, 0.4) is 0 Å². The number of carbonyl (C=O) groups is 1. The van der Waals surface area contributed by atoms with Crippen LogP contribution in [0, 0.1) is 0 Å². The van der Waals surface area contributed by atoms with Crippen LogP contribution >= 0.6 is 0 Å². The number of hydrogen-bond donors (Lipinski definition) is 1. The van der Waals surface area contributed by atoms with Gasteiger partial charge in [-0.25, -0.2) is 4.68 Å². The quantitative estimate of drug-likeness (QED) is 0.602. The number of nitrogens with one attached hydrogen (secondary N) is 1. The van der Waals surface area contributed by atoms with Gasteiger partial charge in [0.1, 0.15) is 0 Å². The molecule has 26 heavy (non-hydrogen) atoms. The number of carbonyl (C=O) groups excluding carboxylic acids is 1. The molecule has 0 bridgehead atoms. The van der Waals surface area contributed by atoms with Crippen molar-refractivity contribution in [2.24, 2.45) is 0 Å². The first-order valence-corrected chi connectivity index (χ1v) is 8.19. The smallest absolute Gasteiger partial charge is 0.273 e. The standard InChI is InChI=1S/C20H16N4O2/c25-20(18-11-19(26-23-18)16-7-3-1-4-8-16)21-12-15-13-22-24(14-15)17-9-5-2-6-10-17/h1-11,13-14H,12H2,(H,21,25). The van der Waals surface area contributed by atoms with E-state index < -0.39 is 0 Å². The fourth-order valence-electron chi connectivity index (χ4n) is 2.57. The zero-order valence-corrected chi connectivity index (χ0v) is 13.9. The Bertz CT molecular complexity index is 1010. The van der Waals surface area contributed by atoms with Crippen LogP contribution in [0.5, 0.6) is 0 Å². The molecule has 4 rings (SSSR count). The Morgan fingerprint density at radius 2 is 1.77 bits per heavy atom. The summed E-state index contributed by atoms with van der Waals surface area (Å²) < 4.78 is 7.03. The summed E-state index contributed by atoms with van der Waals surface area (Å²) in [7, 11) is 0. The second-order valence-electron chi connectivity index (χ2n) is 5.75. The lowest BCUT2D eigenvalue weighted by atomic mass is 10.1. The molecule has 2 heterocycles. The number of hydrogen-bond acceptors (Lipinski definition) is 4. The van der Waals surface area contributed by atoms with E-state index in [4.69, 9.17) is 4.52 Å². The fraction of sp³-hybridized carbons (Fsp3) is 0.0500. The summed E-state index contributed by atoms with van der Waals surface area (Å²) in [4.78, 5) is 12.3. The predicted molar refractivity (Wildman–Crippen MR) is 96.7 cm³/mol. The topological polar surface area (TPSA) is 73.0 Å². The van der Waals surface area contributed by atoms with Crippen molar-refractivity contribution in [2.75, 3.05) is 0 Å². The first-order valence-electron chi connectivity index (χ1n) is 8.19. The number of amides is 1. The number of aromatic nitrogens is 3. The third-order valence-corrected chi connectivity index (χ3v) is 3.91. The molecule has 6 heteroatoms. The van der Waals surface area contributed by atoms with Gasteiger partial charge in [0.05, 0.1) is 11.9 Å². The second-order valence-corrected chi connectivity index (χ2v) is 5.75. The largest absolute Gasteiger partial charge is 0.355 e. The molecule has 0 atom stereocenters. The van der Waals surface area contributed by atoms with E-state index in [2.05, 4.69) is 15.6 Å². The molecule has 6 nitrogen and oxygen atoms in total. The predicted octanol–water partition coefficient (Wildman–Crippen LogP) is 3.46. The van der Waals surface area contributed by atoms with E-state index in [9.17, 15) is 4.79 Å². The molecule has 0 aliphatic heterocycles. The van der Waals surface area contributed by atoms with Crippen molar-refractivity contribution in [1.82, 2.24) is 20.3 Å². The lowest BCUT2D eigenvalue weighted by Gasteiger charge is -2.00. The summed E-state index contributed by atoms with van der Waals surface area (Å²) >= 11 is 0. The van der Waals surface area contributed by atoms with Gasteiger partial charge < -0.3 is 9.84 Å². The van der Waals surface area contributed by atoms with Gasteiger partial charge in [-0.3, -0.25) is 4.79 Å². The van der Waals surface area contributed by atoms with E-state index in [1.54, 1.807) is 16.9 Å². The lowest BCUT2D eigenvalue weighted by Crippen LogP contribution is -2.22. The molecule has 0 radical (unpaired) electrons. The molecule has 0 spiro atoms. The summed E-state index contributed by atoms with van der Waals surface area (Å²) in [6, 6.07) is 21.0. The van der Waals surface area contributed by atoms with Crippen molar-refractivity contribution in [2.45, 2.75) is 6.54 Å². The van der Waals surface area contributed by atoms with E-state index in [0.717, 1.165) is 16.8 Å². The van der Waals surface area contributed by atoms with Crippen LogP contribution in [0.4, 0.5) is 0 Å². The van der Waals surface area contributed by atoms with E-state index in [-0.39, 0.29) is 11.6 Å². The summed E-state index contributed by atoms with van der Waals surface area (Å²) in [6.07, 6.45) is 3.61. The van der Waals surface area contributed by atoms with Gasteiger partial charge in [-0.1, -0.05) is 53.7 Å². The molecule has 2 aromatic carbocycles. The van der Waals surface area contributed by atoms with Gasteiger partial charge in [0.25, 0.3) is 5.91 Å². The van der Waals surface area contributed by atoms with Gasteiger partial charge in [-0.05, 0) is 12.1 Å². The Hall–Kier alpha value is -3.67. The third kappa shape index (κ3) is 3.39. The van der Waals surface area contributed by atoms with Gasteiger partial charge in [0.15, 0.2) is 11.5 Å². The zero-order chi connectivity index (χ0) is 17.8. The first kappa shape index (κ1) is 15.8. The van der Waals surface area contributed by atoms with Crippen LogP contribution in [0.2, 0.25) is 0 Å². The Morgan fingerprint density at radius 3 is 2.54 bits per heavy atom. The van der Waals surface area contributed by atoms with Crippen molar-refractivity contribution in [3.8, 4) is 17.0 Å². The summed E-state index contributed by atoms with van der Waals surface area (Å²) in [5.74, 6) is 0.274. The first-order chi connectivity index (χ1) is 12.8. The van der Waals surface area contributed by atoms with Crippen LogP contribution in [0.1, 0.15) is 16.1 Å². The van der Waals surface area contributed by atoms with Gasteiger partial charge in [0, 0.05) is 29.9 Å². The minimum Gasteiger partial charge on any atom is -0.355 e. The van der Waals surface area contributed by atoms with Crippen LogP contribution < -0.4 is 5.32 Å². The van der Waals surface area contributed by atoms with E-state index >= 15 is 0 Å². The van der Waals surface area contributed by atoms with Crippen LogP contribution in [0.15, 0.2) is 83.6 Å². The molecule has 0 fully saturated rings. The maximum absolute atomic E-state index is 12.3. The third-order valence-electron chi connectivity index (χ3n) is 3.91. The fourth-order valence-corrected chi connectivity index (χ4v) is 2.57. The molecule has 4 aromatic rings. The molecular formula is C20H16N4O2. The second kappa shape index (κ2) is 7.06. The molecule has 0 saturated heterocycles. The van der Waals surface area contributed by atoms with E-state index in [0.29, 0.717) is 12.3 Å². The lowest BCUT2D eigenvalue weighted by molar-refractivity contribution is 0.0942. The summed E-state index contributed by atoms with van der Waals surface area (Å²) in [6.45, 7) is 0.360. The van der Waals surface area contributed by atoms with Crippen LogP contribution in [0.25, 0.3) is 17.0 Å². The molecule has 1 amide bonds. The van der Waals surface area contributed by atoms with Crippen molar-refractivity contribution >= 4 is 5.91 Å². The average Bonchev–Trinajstić information content (AvgIpc) is 3.37. The van der Waals surface area contributed by atoms with Crippen molar-refractivity contribution in [3.05, 3.63) is 90.4 Å². The minimum atomic E-state index is -0.289. The van der Waals surface area contributed by atoms with Gasteiger partial charge >= 0.3 is 0 Å². The highest BCUT2D eigenvalue weighted by atomic mass is 16.5. The van der Waals surface area contributed by atoms with Crippen molar-refractivity contribution in [3.63, 3.8) is 0 Å². The number of nitrogens with zero attached hydrogens (tertiary/aromatic N) is 3. The zero-order valence-electron chi connectivity index (χ0n) is 13.9. The molecule has 0 aliphatic carbocycles. The maximum atomic E-state index is 12.3. The average molecular weight is 344 g/mol. The highest BCUT2D eigenvalue weighted by Crippen LogP contribution is 2.19. The SMILES string of the molecule is O=C(NCc1cnn(-c2ccccc2)c1)c1cc(-c2ccccc2)on1. The molecular weight excluding hydrogens is 328 g/mol. The molecule has 0 aliphatic rings. The molecule has 1 N–H and O–H groups in total. The van der Waals surface area contributed by atoms with Crippen LogP contribution in [-0.4, -0.2) is 20.8 Å². The Balaban J connectivity index is 1.40. The van der Waals surface area contributed by atoms with Gasteiger partial charge in [-0.2, -0.15) is 5.10 Å². The number of para-hydroxylation sites is 1. The summed E-state index contributed by atoms with van der Waals surface area (Å²) in [5.41, 5.74) is 2.99. The highest BCUT2D eigenvalue weighted by molar-refractivity contribution is 5.93. The number of benzene rings is 2. The van der Waals surface area contributed by atoms with Crippen molar-refractivity contribution < 1.29 is 9.32 Å². The molecule has 2 aromatic heterocycles. The normalized spacial score (nSPS) is 10.6. The van der Waals surface area contributed by atoms with Crippen LogP contribution in [-0.2, 0) is 6.54 Å². The Labute approximate surface area is 150 Å². The Kier molecular flexibility index (Phi) is 4.30. The summed E-state index contributed by atoms with van der Waals surface area (Å²) in [5, 5.41) is 11.0. The van der Waals surface area contributed by atoms with Gasteiger partial charge in [0.2, 0.25) is 0 Å². The van der Waals surface area contributed by atoms with Gasteiger partial charge in [-0.15, -0.1) is 0 Å². The maximum Gasteiger partial charge on any atom is 0.273 e. The van der Waals surface area contributed by atoms with E-state index in [1.165, 1.54) is 0 Å². The molecule has 0 saturated carbocycles. The van der Waals surface area contributed by atoms with Crippen molar-refractivity contribution in [1.29, 1.82) is 0 Å². The minimum absolute atomic E-state index is 0.249. The Morgan fingerprint density at radius 1 is 1.04 bits per heavy atom. The van der Waals surface area contributed by atoms with E-state index in [1.807, 2.05) is 66.9 Å². The number of rotatable bonds is 5. The molecule has 0 unspecified atom stereocenters. The monoisotopic (exact) mass is 344 g/mol. The highest BCUT2D eigenvalue weighted by Gasteiger charge is 2.13. The molecule has 128 valence electrons.